The van der Waals surface area contributed by atoms with E-state index in [9.17, 15) is 13.2 Å². The second-order valence-corrected chi connectivity index (χ2v) is 8.31. The van der Waals surface area contributed by atoms with Crippen molar-refractivity contribution >= 4 is 27.3 Å². The van der Waals surface area contributed by atoms with E-state index < -0.39 is 10.0 Å². The van der Waals surface area contributed by atoms with Crippen molar-refractivity contribution in [3.05, 3.63) is 90.0 Å². The Morgan fingerprint density at radius 2 is 1.48 bits per heavy atom. The molecule has 0 aliphatic rings. The number of nitrogens with one attached hydrogen (secondary N) is 2. The molecule has 0 spiro atoms. The Bertz CT molecular complexity index is 1070. The molecule has 1 amide bonds. The molecule has 0 fully saturated rings. The van der Waals surface area contributed by atoms with Crippen LogP contribution in [0.5, 0.6) is 5.75 Å². The number of ether oxygens (including phenoxy) is 1. The molecule has 0 aromatic heterocycles. The first kappa shape index (κ1) is 20.4. The molecule has 0 saturated carbocycles. The van der Waals surface area contributed by atoms with Crippen LogP contribution in [0.1, 0.15) is 11.1 Å². The lowest BCUT2D eigenvalue weighted by molar-refractivity contribution is -0.118. The van der Waals surface area contributed by atoms with Crippen LogP contribution in [0.25, 0.3) is 0 Å². The van der Waals surface area contributed by atoms with Crippen LogP contribution in [0.2, 0.25) is 0 Å². The molecular formula is C22H22N2O4S. The summed E-state index contributed by atoms with van der Waals surface area (Å²) in [5, 5.41) is 2.73. The summed E-state index contributed by atoms with van der Waals surface area (Å²) < 4.78 is 30.6. The van der Waals surface area contributed by atoms with Gasteiger partial charge in [-0.3, -0.25) is 9.52 Å². The van der Waals surface area contributed by atoms with Gasteiger partial charge >= 0.3 is 0 Å². The third-order valence-corrected chi connectivity index (χ3v) is 4.65. The fourth-order valence-corrected chi connectivity index (χ4v) is 3.35. The van der Waals surface area contributed by atoms with Gasteiger partial charge in [-0.2, -0.15) is 0 Å². The number of hydrogen-bond acceptors (Lipinski definition) is 4. The number of carbonyl (C=O) groups excluding carboxylic acids is 1. The first-order valence-electron chi connectivity index (χ1n) is 9.01. The second kappa shape index (κ2) is 9.25. The average Bonchev–Trinajstić information content (AvgIpc) is 2.68. The maximum atomic E-state index is 12.2. The second-order valence-electron chi connectivity index (χ2n) is 6.56. The summed E-state index contributed by atoms with van der Waals surface area (Å²) in [5.41, 5.74) is 3.14. The fourth-order valence-electron chi connectivity index (χ4n) is 2.78. The average molecular weight is 410 g/mol. The first-order valence-corrected chi connectivity index (χ1v) is 10.9. The molecule has 0 saturated heterocycles. The largest absolute Gasteiger partial charge is 0.483 e. The third-order valence-electron chi connectivity index (χ3n) is 4.04. The number of hydrogen-bond donors (Lipinski definition) is 2. The van der Waals surface area contributed by atoms with Gasteiger partial charge in [0.2, 0.25) is 10.0 Å². The Morgan fingerprint density at radius 3 is 2.17 bits per heavy atom. The standard InChI is InChI=1S/C22H22N2O4S/c1-29(26,27)24-20-13-11-19(12-14-20)23-22(25)16-28-21-10-6-5-9-18(21)15-17-7-3-2-4-8-17/h2-14,24H,15-16H2,1H3,(H,23,25). The van der Waals surface area contributed by atoms with E-state index in [0.29, 0.717) is 23.5 Å². The van der Waals surface area contributed by atoms with Crippen molar-refractivity contribution in [2.24, 2.45) is 0 Å². The highest BCUT2D eigenvalue weighted by atomic mass is 32.2. The summed E-state index contributed by atoms with van der Waals surface area (Å²) in [6, 6.07) is 24.1. The van der Waals surface area contributed by atoms with Gasteiger partial charge in [0.15, 0.2) is 6.61 Å². The maximum Gasteiger partial charge on any atom is 0.262 e. The molecule has 7 heteroatoms. The predicted octanol–water partition coefficient (Wildman–Crippen LogP) is 3.67. The van der Waals surface area contributed by atoms with Gasteiger partial charge in [0.25, 0.3) is 5.91 Å². The zero-order chi connectivity index (χ0) is 20.7. The van der Waals surface area contributed by atoms with Crippen LogP contribution >= 0.6 is 0 Å². The fraction of sp³-hybridized carbons (Fsp3) is 0.136. The SMILES string of the molecule is CS(=O)(=O)Nc1ccc(NC(=O)COc2ccccc2Cc2ccccc2)cc1. The highest BCUT2D eigenvalue weighted by molar-refractivity contribution is 7.92. The highest BCUT2D eigenvalue weighted by Crippen LogP contribution is 2.21. The molecule has 0 atom stereocenters. The van der Waals surface area contributed by atoms with Crippen molar-refractivity contribution in [3.63, 3.8) is 0 Å². The van der Waals surface area contributed by atoms with Crippen LogP contribution in [0.15, 0.2) is 78.9 Å². The Balaban J connectivity index is 1.57. The summed E-state index contributed by atoms with van der Waals surface area (Å²) in [4.78, 5) is 12.2. The normalized spacial score (nSPS) is 10.9. The van der Waals surface area contributed by atoms with Crippen molar-refractivity contribution < 1.29 is 17.9 Å². The van der Waals surface area contributed by atoms with E-state index in [4.69, 9.17) is 4.74 Å². The molecule has 0 radical (unpaired) electrons. The molecule has 3 aromatic carbocycles. The summed E-state index contributed by atoms with van der Waals surface area (Å²) in [7, 11) is -3.34. The van der Waals surface area contributed by atoms with Crippen molar-refractivity contribution in [2.75, 3.05) is 22.9 Å². The molecule has 0 unspecified atom stereocenters. The minimum Gasteiger partial charge on any atom is -0.483 e. The van der Waals surface area contributed by atoms with Gasteiger partial charge in [0, 0.05) is 17.8 Å². The van der Waals surface area contributed by atoms with Crippen LogP contribution in [-0.2, 0) is 21.2 Å². The highest BCUT2D eigenvalue weighted by Gasteiger charge is 2.08. The van der Waals surface area contributed by atoms with Gasteiger partial charge in [-0.05, 0) is 41.5 Å². The van der Waals surface area contributed by atoms with E-state index in [0.717, 1.165) is 17.4 Å². The van der Waals surface area contributed by atoms with Crippen molar-refractivity contribution in [3.8, 4) is 5.75 Å². The molecule has 0 bridgehead atoms. The van der Waals surface area contributed by atoms with Gasteiger partial charge < -0.3 is 10.1 Å². The molecular weight excluding hydrogens is 388 g/mol. The van der Waals surface area contributed by atoms with Gasteiger partial charge in [0.05, 0.1) is 6.26 Å². The van der Waals surface area contributed by atoms with Gasteiger partial charge in [-0.1, -0.05) is 48.5 Å². The quantitative estimate of drug-likeness (QED) is 0.593. The minimum absolute atomic E-state index is 0.130. The molecule has 29 heavy (non-hydrogen) atoms. The van der Waals surface area contributed by atoms with Crippen molar-refractivity contribution in [2.45, 2.75) is 6.42 Å². The first-order chi connectivity index (χ1) is 13.9. The Labute approximate surface area is 170 Å². The molecule has 2 N–H and O–H groups in total. The number of sulfonamides is 1. The summed E-state index contributed by atoms with van der Waals surface area (Å²) in [5.74, 6) is 0.363. The number of amides is 1. The molecule has 0 aliphatic carbocycles. The predicted molar refractivity (Wildman–Crippen MR) is 115 cm³/mol. The smallest absolute Gasteiger partial charge is 0.262 e. The third kappa shape index (κ3) is 6.65. The van der Waals surface area contributed by atoms with Crippen molar-refractivity contribution in [1.82, 2.24) is 0 Å². The lowest BCUT2D eigenvalue weighted by atomic mass is 10.0. The summed E-state index contributed by atoms with van der Waals surface area (Å²) >= 11 is 0. The zero-order valence-electron chi connectivity index (χ0n) is 16.0. The van der Waals surface area contributed by atoms with Crippen LogP contribution in [0, 0.1) is 0 Å². The monoisotopic (exact) mass is 410 g/mol. The number of para-hydroxylation sites is 1. The number of carbonyl (C=O) groups is 1. The van der Waals surface area contributed by atoms with E-state index in [2.05, 4.69) is 10.0 Å². The molecule has 3 rings (SSSR count). The lowest BCUT2D eigenvalue weighted by Crippen LogP contribution is -2.20. The molecule has 0 heterocycles. The van der Waals surface area contributed by atoms with Gasteiger partial charge in [-0.25, -0.2) is 8.42 Å². The maximum absolute atomic E-state index is 12.2. The van der Waals surface area contributed by atoms with E-state index in [1.54, 1.807) is 24.3 Å². The topological polar surface area (TPSA) is 84.5 Å². The Hall–Kier alpha value is -3.32. The van der Waals surface area contributed by atoms with Crippen LogP contribution in [-0.4, -0.2) is 27.2 Å². The Morgan fingerprint density at radius 1 is 0.862 bits per heavy atom. The Kier molecular flexibility index (Phi) is 6.51. The van der Waals surface area contributed by atoms with Crippen LogP contribution in [0.3, 0.4) is 0 Å². The summed E-state index contributed by atoms with van der Waals surface area (Å²) in [6.07, 6.45) is 1.79. The summed E-state index contributed by atoms with van der Waals surface area (Å²) in [6.45, 7) is -0.130. The van der Waals surface area contributed by atoms with E-state index in [-0.39, 0.29) is 12.5 Å². The van der Waals surface area contributed by atoms with Crippen LogP contribution < -0.4 is 14.8 Å². The van der Waals surface area contributed by atoms with Crippen LogP contribution in [0.4, 0.5) is 11.4 Å². The minimum atomic E-state index is -3.34. The molecule has 150 valence electrons. The molecule has 3 aromatic rings. The zero-order valence-corrected chi connectivity index (χ0v) is 16.8. The van der Waals surface area contributed by atoms with E-state index >= 15 is 0 Å². The molecule has 6 nitrogen and oxygen atoms in total. The van der Waals surface area contributed by atoms with E-state index in [1.807, 2.05) is 54.6 Å². The molecule has 0 aliphatic heterocycles. The number of anilines is 2. The number of rotatable bonds is 8. The van der Waals surface area contributed by atoms with Crippen molar-refractivity contribution in [1.29, 1.82) is 0 Å². The number of benzene rings is 3. The lowest BCUT2D eigenvalue weighted by Gasteiger charge is -2.12. The van der Waals surface area contributed by atoms with E-state index in [1.165, 1.54) is 0 Å². The van der Waals surface area contributed by atoms with Gasteiger partial charge in [-0.15, -0.1) is 0 Å². The van der Waals surface area contributed by atoms with Gasteiger partial charge in [0.1, 0.15) is 5.75 Å².